The van der Waals surface area contributed by atoms with E-state index in [1.54, 1.807) is 20.8 Å². The predicted octanol–water partition coefficient (Wildman–Crippen LogP) is 0.942. The molecule has 0 fully saturated rings. The van der Waals surface area contributed by atoms with Gasteiger partial charge in [-0.3, -0.25) is 4.79 Å². The van der Waals surface area contributed by atoms with E-state index < -0.39 is 74.2 Å². The van der Waals surface area contributed by atoms with Crippen molar-refractivity contribution in [1.82, 2.24) is 10.6 Å². The minimum Gasteiger partial charge on any atom is -0.444 e. The van der Waals surface area contributed by atoms with E-state index >= 15 is 0 Å². The van der Waals surface area contributed by atoms with Crippen molar-refractivity contribution in [3.63, 3.8) is 0 Å². The molecule has 32 heavy (non-hydrogen) atoms. The molecule has 0 heterocycles. The Labute approximate surface area is 190 Å². The molecule has 0 radical (unpaired) electrons. The zero-order valence-corrected chi connectivity index (χ0v) is 19.0. The first kappa shape index (κ1) is 34.9. The number of carbonyl (C=O) groups excluding carboxylic acids is 2. The van der Waals surface area contributed by atoms with E-state index in [4.69, 9.17) is 20.7 Å². The number of hydrogen-bond acceptors (Lipinski definition) is 7. The molecule has 0 bridgehead atoms. The van der Waals surface area contributed by atoms with Gasteiger partial charge in [0, 0.05) is 25.4 Å². The maximum atomic E-state index is 12.2. The van der Waals surface area contributed by atoms with Crippen molar-refractivity contribution in [1.29, 1.82) is 0 Å². The van der Waals surface area contributed by atoms with Crippen LogP contribution in [0.5, 0.6) is 0 Å². The highest BCUT2D eigenvalue weighted by atomic mass is 35.5. The van der Waals surface area contributed by atoms with Gasteiger partial charge in [0.2, 0.25) is 12.9 Å². The van der Waals surface area contributed by atoms with Gasteiger partial charge in [-0.1, -0.05) is 6.08 Å². The third-order valence-corrected chi connectivity index (χ3v) is 3.33. The number of alkyl halides is 4. The van der Waals surface area contributed by atoms with Gasteiger partial charge in [-0.2, -0.15) is 0 Å². The Morgan fingerprint density at radius 2 is 1.62 bits per heavy atom. The minimum atomic E-state index is -2.70. The van der Waals surface area contributed by atoms with Crippen molar-refractivity contribution < 1.29 is 47.2 Å². The highest BCUT2D eigenvalue weighted by molar-refractivity contribution is 5.85. The number of aliphatic hydroxyl groups excluding tert-OH is 3. The SMILES string of the molecule is C=CCNC(=O)C(O)C(N)CC(F)F.CC(C)(C)OC(=O)NC(CC(F)F)C(O)CO.Cl. The molecule has 4 atom stereocenters. The lowest BCUT2D eigenvalue weighted by molar-refractivity contribution is -0.130. The quantitative estimate of drug-likeness (QED) is 0.183. The van der Waals surface area contributed by atoms with E-state index in [1.807, 2.05) is 0 Å². The number of hydrogen-bond donors (Lipinski definition) is 6. The number of carbonyl (C=O) groups is 2. The molecule has 0 aliphatic carbocycles. The monoisotopic (exact) mass is 499 g/mol. The number of alkyl carbamates (subject to hydrolysis) is 1. The summed E-state index contributed by atoms with van der Waals surface area (Å²) in [5.41, 5.74) is 4.41. The molecular weight excluding hydrogens is 466 g/mol. The summed E-state index contributed by atoms with van der Waals surface area (Å²) in [6, 6.07) is -2.49. The predicted molar refractivity (Wildman–Crippen MR) is 112 cm³/mol. The van der Waals surface area contributed by atoms with Crippen LogP contribution in [-0.4, -0.2) is 83.2 Å². The van der Waals surface area contributed by atoms with Gasteiger partial charge in [0.25, 0.3) is 5.91 Å². The number of amides is 2. The molecule has 0 rings (SSSR count). The van der Waals surface area contributed by atoms with Gasteiger partial charge in [0.1, 0.15) is 11.7 Å². The summed E-state index contributed by atoms with van der Waals surface area (Å²) < 4.78 is 52.9. The molecule has 0 aromatic heterocycles. The Morgan fingerprint density at radius 3 is 2.00 bits per heavy atom. The summed E-state index contributed by atoms with van der Waals surface area (Å²) >= 11 is 0. The fraction of sp³-hybridized carbons (Fsp3) is 0.778. The van der Waals surface area contributed by atoms with Crippen molar-refractivity contribution >= 4 is 24.4 Å². The Balaban J connectivity index is -0.000000519. The Morgan fingerprint density at radius 1 is 1.12 bits per heavy atom. The molecule has 0 spiro atoms. The summed E-state index contributed by atoms with van der Waals surface area (Å²) in [6.45, 7) is 7.65. The van der Waals surface area contributed by atoms with Crippen molar-refractivity contribution in [3.8, 4) is 0 Å². The molecule has 7 N–H and O–H groups in total. The normalized spacial score (nSPS) is 14.8. The van der Waals surface area contributed by atoms with Crippen molar-refractivity contribution in [2.24, 2.45) is 5.73 Å². The van der Waals surface area contributed by atoms with E-state index in [-0.39, 0.29) is 19.0 Å². The van der Waals surface area contributed by atoms with Gasteiger partial charge in [-0.15, -0.1) is 19.0 Å². The fourth-order valence-corrected chi connectivity index (χ4v) is 1.90. The molecular formula is C18H34ClF4N3O6. The zero-order chi connectivity index (χ0) is 24.8. The number of aliphatic hydroxyl groups is 3. The fourth-order valence-electron chi connectivity index (χ4n) is 1.90. The molecule has 0 aromatic rings. The maximum Gasteiger partial charge on any atom is 0.407 e. The maximum absolute atomic E-state index is 12.2. The second kappa shape index (κ2) is 17.8. The topological polar surface area (TPSA) is 154 Å². The molecule has 4 unspecified atom stereocenters. The van der Waals surface area contributed by atoms with Crippen molar-refractivity contribution in [2.75, 3.05) is 13.2 Å². The van der Waals surface area contributed by atoms with Crippen LogP contribution in [0.15, 0.2) is 12.7 Å². The van der Waals surface area contributed by atoms with Gasteiger partial charge >= 0.3 is 6.09 Å². The zero-order valence-electron chi connectivity index (χ0n) is 18.1. The summed E-state index contributed by atoms with van der Waals surface area (Å²) in [4.78, 5) is 22.3. The van der Waals surface area contributed by atoms with Crippen LogP contribution in [0, 0.1) is 0 Å². The highest BCUT2D eigenvalue weighted by Crippen LogP contribution is 2.11. The molecule has 0 saturated heterocycles. The molecule has 0 saturated carbocycles. The average Bonchev–Trinajstić information content (AvgIpc) is 2.62. The van der Waals surface area contributed by atoms with E-state index in [9.17, 15) is 32.3 Å². The second-order valence-electron chi connectivity index (χ2n) is 7.40. The lowest BCUT2D eigenvalue weighted by Crippen LogP contribution is -2.47. The number of nitrogens with two attached hydrogens (primary N) is 1. The molecule has 0 aromatic carbocycles. The van der Waals surface area contributed by atoms with Crippen molar-refractivity contribution in [2.45, 2.75) is 76.4 Å². The lowest BCUT2D eigenvalue weighted by Gasteiger charge is -2.25. The van der Waals surface area contributed by atoms with Crippen LogP contribution >= 0.6 is 12.4 Å². The van der Waals surface area contributed by atoms with Crippen LogP contribution in [0.25, 0.3) is 0 Å². The Bertz CT molecular complexity index is 541. The number of halogens is 5. The van der Waals surface area contributed by atoms with Crippen LogP contribution in [0.2, 0.25) is 0 Å². The number of nitrogens with one attached hydrogen (secondary N) is 2. The third kappa shape index (κ3) is 19.0. The first-order chi connectivity index (χ1) is 14.1. The van der Waals surface area contributed by atoms with Crippen LogP contribution < -0.4 is 16.4 Å². The average molecular weight is 500 g/mol. The Kier molecular flexibility index (Phi) is 19.5. The summed E-state index contributed by atoms with van der Waals surface area (Å²) in [7, 11) is 0. The Hall–Kier alpha value is -1.67. The van der Waals surface area contributed by atoms with Crippen LogP contribution in [0.4, 0.5) is 22.4 Å². The third-order valence-electron chi connectivity index (χ3n) is 3.33. The molecule has 0 aliphatic rings. The minimum absolute atomic E-state index is 0. The van der Waals surface area contributed by atoms with Gasteiger partial charge < -0.3 is 36.4 Å². The molecule has 2 amide bonds. The van der Waals surface area contributed by atoms with Gasteiger partial charge in [0.05, 0.1) is 18.8 Å². The lowest BCUT2D eigenvalue weighted by atomic mass is 10.1. The van der Waals surface area contributed by atoms with Crippen LogP contribution in [0.1, 0.15) is 33.6 Å². The smallest absolute Gasteiger partial charge is 0.407 e. The summed E-state index contributed by atoms with van der Waals surface area (Å²) in [6.07, 6.45) is -9.34. The number of rotatable bonds is 11. The van der Waals surface area contributed by atoms with E-state index in [0.29, 0.717) is 0 Å². The van der Waals surface area contributed by atoms with Crippen LogP contribution in [-0.2, 0) is 9.53 Å². The standard InChI is InChI=1S/C10H19F2NO4.C8H14F2N2O2.ClH/c1-10(2,3)17-9(16)13-6(4-8(11)12)7(15)5-14;1-2-3-12-8(14)7(13)5(11)4-6(9)10;/h6-8,14-15H,4-5H2,1-3H3,(H,13,16);2,5-7,13H,1,3-4,11H2,(H,12,14);1H. The first-order valence-electron chi connectivity index (χ1n) is 9.31. The number of ether oxygens (including phenoxy) is 1. The summed E-state index contributed by atoms with van der Waals surface area (Å²) in [5.74, 6) is -0.766. The first-order valence-corrected chi connectivity index (χ1v) is 9.31. The van der Waals surface area contributed by atoms with E-state index in [2.05, 4.69) is 17.2 Å². The van der Waals surface area contributed by atoms with Gasteiger partial charge in [0.15, 0.2) is 0 Å². The van der Waals surface area contributed by atoms with E-state index in [1.165, 1.54) is 6.08 Å². The van der Waals surface area contributed by atoms with Gasteiger partial charge in [-0.05, 0) is 20.8 Å². The van der Waals surface area contributed by atoms with E-state index in [0.717, 1.165) is 0 Å². The second-order valence-corrected chi connectivity index (χ2v) is 7.40. The van der Waals surface area contributed by atoms with Gasteiger partial charge in [-0.25, -0.2) is 22.4 Å². The molecule has 0 aliphatic heterocycles. The molecule has 14 heteroatoms. The molecule has 9 nitrogen and oxygen atoms in total. The molecule has 192 valence electrons. The highest BCUT2D eigenvalue weighted by Gasteiger charge is 2.27. The summed E-state index contributed by atoms with van der Waals surface area (Å²) in [5, 5.41) is 31.5. The largest absolute Gasteiger partial charge is 0.444 e. The van der Waals surface area contributed by atoms with Crippen molar-refractivity contribution in [3.05, 3.63) is 12.7 Å². The van der Waals surface area contributed by atoms with Crippen LogP contribution in [0.3, 0.4) is 0 Å².